The molecule has 1 aliphatic rings. The Morgan fingerprint density at radius 2 is 1.76 bits per heavy atom. The minimum Gasteiger partial charge on any atom is -0.370 e. The van der Waals surface area contributed by atoms with E-state index < -0.39 is 5.54 Å². The molecule has 3 nitrogen and oxygen atoms in total. The number of carbonyl (C=O) groups is 1. The number of para-hydroxylation sites is 1. The second kappa shape index (κ2) is 5.53. The van der Waals surface area contributed by atoms with Crippen molar-refractivity contribution < 1.29 is 4.79 Å². The number of halogens is 1. The quantitative estimate of drug-likeness (QED) is 0.897. The van der Waals surface area contributed by atoms with Gasteiger partial charge >= 0.3 is 0 Å². The second-order valence-electron chi connectivity index (χ2n) is 5.50. The van der Waals surface area contributed by atoms with E-state index in [0.717, 1.165) is 16.6 Å². The van der Waals surface area contributed by atoms with E-state index in [-0.39, 0.29) is 5.91 Å². The highest BCUT2D eigenvalue weighted by Gasteiger charge is 2.40. The van der Waals surface area contributed by atoms with Crippen LogP contribution in [0.4, 0.5) is 5.69 Å². The Balaban J connectivity index is 1.96. The summed E-state index contributed by atoms with van der Waals surface area (Å²) in [6.45, 7) is 0. The van der Waals surface area contributed by atoms with Crippen LogP contribution in [0.5, 0.6) is 0 Å². The molecule has 108 valence electrons. The van der Waals surface area contributed by atoms with Gasteiger partial charge in [0.1, 0.15) is 5.54 Å². The second-order valence-corrected chi connectivity index (χ2v) is 6.35. The molecule has 0 aliphatic heterocycles. The minimum atomic E-state index is -0.724. The number of hydrogen-bond donors (Lipinski definition) is 2. The van der Waals surface area contributed by atoms with Crippen LogP contribution >= 0.6 is 15.9 Å². The van der Waals surface area contributed by atoms with Crippen molar-refractivity contribution >= 4 is 27.5 Å². The molecule has 21 heavy (non-hydrogen) atoms. The Morgan fingerprint density at radius 1 is 1.10 bits per heavy atom. The van der Waals surface area contributed by atoms with E-state index in [0.29, 0.717) is 12.8 Å². The lowest BCUT2D eigenvalue weighted by Gasteiger charge is -2.37. The molecule has 1 atom stereocenters. The molecule has 0 bridgehead atoms. The number of amides is 1. The van der Waals surface area contributed by atoms with Crippen molar-refractivity contribution in [3.8, 4) is 0 Å². The predicted molar refractivity (Wildman–Crippen MR) is 88.2 cm³/mol. The Kier molecular flexibility index (Phi) is 3.72. The van der Waals surface area contributed by atoms with Gasteiger partial charge in [0.15, 0.2) is 0 Å². The SMILES string of the molecule is NC(=O)C1(Nc2ccccc2Br)CCc2ccccc2C1. The third kappa shape index (κ3) is 2.68. The molecule has 0 radical (unpaired) electrons. The number of anilines is 1. The molecule has 2 aromatic carbocycles. The first-order valence-electron chi connectivity index (χ1n) is 7.00. The van der Waals surface area contributed by atoms with Gasteiger partial charge in [-0.1, -0.05) is 36.4 Å². The fourth-order valence-electron chi connectivity index (χ4n) is 2.93. The monoisotopic (exact) mass is 344 g/mol. The summed E-state index contributed by atoms with van der Waals surface area (Å²) in [6.07, 6.45) is 2.19. The summed E-state index contributed by atoms with van der Waals surface area (Å²) in [6, 6.07) is 16.0. The molecule has 1 amide bonds. The van der Waals surface area contributed by atoms with Crippen molar-refractivity contribution in [1.29, 1.82) is 0 Å². The van der Waals surface area contributed by atoms with Gasteiger partial charge in [0.2, 0.25) is 5.91 Å². The molecule has 0 heterocycles. The molecule has 0 saturated heterocycles. The Morgan fingerprint density at radius 3 is 2.48 bits per heavy atom. The van der Waals surface area contributed by atoms with Crippen LogP contribution in [0.2, 0.25) is 0 Å². The Hall–Kier alpha value is -1.81. The molecule has 1 unspecified atom stereocenters. The molecule has 0 spiro atoms. The zero-order valence-corrected chi connectivity index (χ0v) is 13.2. The van der Waals surface area contributed by atoms with Crippen molar-refractivity contribution in [2.24, 2.45) is 5.73 Å². The lowest BCUT2D eigenvalue weighted by atomic mass is 9.77. The lowest BCUT2D eigenvalue weighted by molar-refractivity contribution is -0.122. The lowest BCUT2D eigenvalue weighted by Crippen LogP contribution is -2.54. The first-order chi connectivity index (χ1) is 10.1. The summed E-state index contributed by atoms with van der Waals surface area (Å²) in [5, 5.41) is 3.38. The summed E-state index contributed by atoms with van der Waals surface area (Å²) in [7, 11) is 0. The molecule has 2 aromatic rings. The molecule has 0 saturated carbocycles. The van der Waals surface area contributed by atoms with Crippen LogP contribution in [-0.4, -0.2) is 11.4 Å². The summed E-state index contributed by atoms with van der Waals surface area (Å²) in [5.74, 6) is -0.298. The van der Waals surface area contributed by atoms with Gasteiger partial charge in [-0.15, -0.1) is 0 Å². The first kappa shape index (κ1) is 14.1. The standard InChI is InChI=1S/C17H17BrN2O/c18-14-7-3-4-8-15(14)20-17(16(19)21)10-9-12-5-1-2-6-13(12)11-17/h1-8,20H,9-11H2,(H2,19,21). The number of aryl methyl sites for hydroxylation is 1. The van der Waals surface area contributed by atoms with E-state index in [2.05, 4.69) is 33.4 Å². The van der Waals surface area contributed by atoms with Crippen LogP contribution in [0, 0.1) is 0 Å². The van der Waals surface area contributed by atoms with Gasteiger partial charge in [0.25, 0.3) is 0 Å². The number of rotatable bonds is 3. The average Bonchev–Trinajstić information content (AvgIpc) is 2.49. The molecule has 0 fully saturated rings. The van der Waals surface area contributed by atoms with E-state index in [9.17, 15) is 4.79 Å². The highest BCUT2D eigenvalue weighted by atomic mass is 79.9. The van der Waals surface area contributed by atoms with Gasteiger partial charge in [0, 0.05) is 16.6 Å². The van der Waals surface area contributed by atoms with E-state index >= 15 is 0 Å². The fourth-order valence-corrected chi connectivity index (χ4v) is 3.32. The zero-order valence-electron chi connectivity index (χ0n) is 11.6. The maximum absolute atomic E-state index is 12.1. The van der Waals surface area contributed by atoms with Crippen molar-refractivity contribution in [1.82, 2.24) is 0 Å². The van der Waals surface area contributed by atoms with Gasteiger partial charge < -0.3 is 11.1 Å². The van der Waals surface area contributed by atoms with Gasteiger partial charge in [0.05, 0.1) is 0 Å². The number of nitrogens with one attached hydrogen (secondary N) is 1. The average molecular weight is 345 g/mol. The summed E-state index contributed by atoms with van der Waals surface area (Å²) in [4.78, 5) is 12.1. The number of nitrogens with two attached hydrogens (primary N) is 1. The van der Waals surface area contributed by atoms with Gasteiger partial charge in [-0.25, -0.2) is 0 Å². The van der Waals surface area contributed by atoms with Crippen LogP contribution in [0.15, 0.2) is 53.0 Å². The third-order valence-corrected chi connectivity index (χ3v) is 4.84. The Bertz CT molecular complexity index is 686. The van der Waals surface area contributed by atoms with E-state index in [1.807, 2.05) is 36.4 Å². The maximum atomic E-state index is 12.1. The highest BCUT2D eigenvalue weighted by Crippen LogP contribution is 2.33. The zero-order chi connectivity index (χ0) is 14.9. The van der Waals surface area contributed by atoms with Gasteiger partial charge in [-0.2, -0.15) is 0 Å². The van der Waals surface area contributed by atoms with Crippen molar-refractivity contribution in [3.63, 3.8) is 0 Å². The normalized spacial score (nSPS) is 20.6. The van der Waals surface area contributed by atoms with Crippen LogP contribution in [0.25, 0.3) is 0 Å². The van der Waals surface area contributed by atoms with Crippen LogP contribution in [0.1, 0.15) is 17.5 Å². The smallest absolute Gasteiger partial charge is 0.243 e. The van der Waals surface area contributed by atoms with Crippen LogP contribution < -0.4 is 11.1 Å². The largest absolute Gasteiger partial charge is 0.370 e. The van der Waals surface area contributed by atoms with Crippen molar-refractivity contribution in [2.75, 3.05) is 5.32 Å². The molecule has 0 aromatic heterocycles. The first-order valence-corrected chi connectivity index (χ1v) is 7.79. The number of carbonyl (C=O) groups excluding carboxylic acids is 1. The molecule has 3 N–H and O–H groups in total. The Labute approximate surface area is 132 Å². The van der Waals surface area contributed by atoms with Crippen molar-refractivity contribution in [3.05, 3.63) is 64.1 Å². The highest BCUT2D eigenvalue weighted by molar-refractivity contribution is 9.10. The molecule has 1 aliphatic carbocycles. The molecular weight excluding hydrogens is 328 g/mol. The topological polar surface area (TPSA) is 55.1 Å². The maximum Gasteiger partial charge on any atom is 0.243 e. The summed E-state index contributed by atoms with van der Waals surface area (Å²) < 4.78 is 0.935. The number of hydrogen-bond acceptors (Lipinski definition) is 2. The summed E-state index contributed by atoms with van der Waals surface area (Å²) in [5.41, 5.74) is 8.42. The van der Waals surface area contributed by atoms with Crippen molar-refractivity contribution in [2.45, 2.75) is 24.8 Å². The number of fused-ring (bicyclic) bond motifs is 1. The van der Waals surface area contributed by atoms with E-state index in [1.54, 1.807) is 0 Å². The van der Waals surface area contributed by atoms with Crippen LogP contribution in [-0.2, 0) is 17.6 Å². The summed E-state index contributed by atoms with van der Waals surface area (Å²) >= 11 is 3.51. The molecule has 3 rings (SSSR count). The predicted octanol–water partition coefficient (Wildman–Crippen LogP) is 3.27. The minimum absolute atomic E-state index is 0.298. The van der Waals surface area contributed by atoms with E-state index in [4.69, 9.17) is 5.73 Å². The van der Waals surface area contributed by atoms with E-state index in [1.165, 1.54) is 11.1 Å². The van der Waals surface area contributed by atoms with Gasteiger partial charge in [-0.3, -0.25) is 4.79 Å². The van der Waals surface area contributed by atoms with Gasteiger partial charge in [-0.05, 0) is 52.0 Å². The molecule has 4 heteroatoms. The molecular formula is C17H17BrN2O. The van der Waals surface area contributed by atoms with Crippen LogP contribution in [0.3, 0.4) is 0 Å². The number of primary amides is 1. The number of benzene rings is 2. The third-order valence-electron chi connectivity index (χ3n) is 4.15. The fraction of sp³-hybridized carbons (Fsp3) is 0.235.